The first kappa shape index (κ1) is 14.4. The number of carboxylic acid groups (broad SMARTS) is 1. The first-order chi connectivity index (χ1) is 11.6. The molecule has 0 radical (unpaired) electrons. The first-order valence-electron chi connectivity index (χ1n) is 7.71. The van der Waals surface area contributed by atoms with E-state index in [1.165, 1.54) is 0 Å². The SMILES string of the molecule is Cc1nc2ccccc2n1Cc1nc2ccccc2n1CC(=O)O. The number of nitrogens with zero attached hydrogens (tertiary/aromatic N) is 4. The highest BCUT2D eigenvalue weighted by atomic mass is 16.4. The van der Waals surface area contributed by atoms with Crippen molar-refractivity contribution in [3.8, 4) is 0 Å². The summed E-state index contributed by atoms with van der Waals surface area (Å²) in [4.78, 5) is 20.5. The zero-order chi connectivity index (χ0) is 16.7. The molecule has 4 aromatic rings. The second-order valence-corrected chi connectivity index (χ2v) is 5.73. The predicted molar refractivity (Wildman–Crippen MR) is 90.9 cm³/mol. The lowest BCUT2D eigenvalue weighted by Gasteiger charge is -2.09. The summed E-state index contributed by atoms with van der Waals surface area (Å²) in [6.07, 6.45) is 0. The number of para-hydroxylation sites is 4. The molecule has 0 aliphatic heterocycles. The second kappa shape index (κ2) is 5.49. The molecule has 0 atom stereocenters. The van der Waals surface area contributed by atoms with Crippen LogP contribution in [0.2, 0.25) is 0 Å². The standard InChI is InChI=1S/C18H16N4O2/c1-12-19-13-6-2-4-8-15(13)21(12)10-17-20-14-7-3-5-9-16(14)22(17)11-18(23)24/h2-9H,10-11H2,1H3,(H,23,24). The molecular weight excluding hydrogens is 304 g/mol. The van der Waals surface area contributed by atoms with Crippen molar-refractivity contribution in [1.29, 1.82) is 0 Å². The van der Waals surface area contributed by atoms with Crippen molar-refractivity contribution in [3.05, 3.63) is 60.2 Å². The van der Waals surface area contributed by atoms with Gasteiger partial charge in [-0.1, -0.05) is 24.3 Å². The molecule has 24 heavy (non-hydrogen) atoms. The lowest BCUT2D eigenvalue weighted by atomic mass is 10.3. The molecule has 0 unspecified atom stereocenters. The van der Waals surface area contributed by atoms with E-state index < -0.39 is 5.97 Å². The van der Waals surface area contributed by atoms with Crippen LogP contribution in [0.4, 0.5) is 0 Å². The van der Waals surface area contributed by atoms with Gasteiger partial charge in [-0.15, -0.1) is 0 Å². The van der Waals surface area contributed by atoms with Crippen LogP contribution in [0.3, 0.4) is 0 Å². The van der Waals surface area contributed by atoms with E-state index in [0.29, 0.717) is 12.4 Å². The van der Waals surface area contributed by atoms with Gasteiger partial charge in [0.15, 0.2) is 0 Å². The Morgan fingerprint density at radius 2 is 1.54 bits per heavy atom. The molecule has 4 rings (SSSR count). The molecule has 1 N–H and O–H groups in total. The minimum atomic E-state index is -0.883. The van der Waals surface area contributed by atoms with E-state index in [9.17, 15) is 9.90 Å². The molecule has 2 aromatic heterocycles. The smallest absolute Gasteiger partial charge is 0.323 e. The Hall–Kier alpha value is -3.15. The van der Waals surface area contributed by atoms with Crippen LogP contribution >= 0.6 is 0 Å². The molecule has 0 aliphatic carbocycles. The second-order valence-electron chi connectivity index (χ2n) is 5.73. The molecule has 6 nitrogen and oxygen atoms in total. The van der Waals surface area contributed by atoms with E-state index in [2.05, 4.69) is 14.5 Å². The van der Waals surface area contributed by atoms with Gasteiger partial charge in [0.1, 0.15) is 18.2 Å². The Morgan fingerprint density at radius 3 is 2.21 bits per heavy atom. The fraction of sp³-hybridized carbons (Fsp3) is 0.167. The van der Waals surface area contributed by atoms with E-state index in [1.807, 2.05) is 55.5 Å². The summed E-state index contributed by atoms with van der Waals surface area (Å²) in [7, 11) is 0. The lowest BCUT2D eigenvalue weighted by Crippen LogP contribution is -2.14. The average molecular weight is 320 g/mol. The third-order valence-electron chi connectivity index (χ3n) is 4.17. The zero-order valence-electron chi connectivity index (χ0n) is 13.2. The van der Waals surface area contributed by atoms with Crippen molar-refractivity contribution in [2.75, 3.05) is 0 Å². The molecule has 120 valence electrons. The van der Waals surface area contributed by atoms with Crippen molar-refractivity contribution in [2.24, 2.45) is 0 Å². The van der Waals surface area contributed by atoms with Gasteiger partial charge in [0.2, 0.25) is 0 Å². The van der Waals surface area contributed by atoms with Crippen LogP contribution in [-0.4, -0.2) is 30.2 Å². The molecule has 2 heterocycles. The Balaban J connectivity index is 1.87. The molecule has 0 spiro atoms. The summed E-state index contributed by atoms with van der Waals surface area (Å²) >= 11 is 0. The van der Waals surface area contributed by atoms with E-state index in [1.54, 1.807) is 4.57 Å². The predicted octanol–water partition coefficient (Wildman–Crippen LogP) is 2.83. The van der Waals surface area contributed by atoms with Gasteiger partial charge >= 0.3 is 5.97 Å². The number of aryl methyl sites for hydroxylation is 1. The number of carbonyl (C=O) groups is 1. The van der Waals surface area contributed by atoms with Crippen LogP contribution in [-0.2, 0) is 17.9 Å². The molecular formula is C18H16N4O2. The third-order valence-corrected chi connectivity index (χ3v) is 4.17. The molecule has 0 fully saturated rings. The maximum Gasteiger partial charge on any atom is 0.323 e. The van der Waals surface area contributed by atoms with E-state index >= 15 is 0 Å². The number of rotatable bonds is 4. The maximum atomic E-state index is 11.3. The van der Waals surface area contributed by atoms with Crippen molar-refractivity contribution < 1.29 is 9.90 Å². The quantitative estimate of drug-likeness (QED) is 0.627. The van der Waals surface area contributed by atoms with Crippen LogP contribution in [0.15, 0.2) is 48.5 Å². The molecule has 6 heteroatoms. The number of aliphatic carboxylic acids is 1. The molecule has 2 aromatic carbocycles. The number of fused-ring (bicyclic) bond motifs is 2. The van der Waals surface area contributed by atoms with Gasteiger partial charge in [0, 0.05) is 0 Å². The summed E-state index contributed by atoms with van der Waals surface area (Å²) in [6, 6.07) is 15.5. The van der Waals surface area contributed by atoms with E-state index in [0.717, 1.165) is 27.9 Å². The summed E-state index contributed by atoms with van der Waals surface area (Å²) in [5.41, 5.74) is 3.58. The average Bonchev–Trinajstić information content (AvgIpc) is 3.06. The molecule has 0 saturated heterocycles. The molecule has 0 aliphatic rings. The van der Waals surface area contributed by atoms with E-state index in [4.69, 9.17) is 0 Å². The molecule has 0 saturated carbocycles. The van der Waals surface area contributed by atoms with Crippen molar-refractivity contribution in [1.82, 2.24) is 19.1 Å². The Morgan fingerprint density at radius 1 is 0.958 bits per heavy atom. The van der Waals surface area contributed by atoms with Gasteiger partial charge in [-0.25, -0.2) is 9.97 Å². The van der Waals surface area contributed by atoms with Crippen molar-refractivity contribution >= 4 is 28.0 Å². The lowest BCUT2D eigenvalue weighted by molar-refractivity contribution is -0.137. The van der Waals surface area contributed by atoms with Crippen molar-refractivity contribution in [3.63, 3.8) is 0 Å². The van der Waals surface area contributed by atoms with E-state index in [-0.39, 0.29) is 6.54 Å². The van der Waals surface area contributed by atoms with Gasteiger partial charge in [-0.2, -0.15) is 0 Å². The fourth-order valence-electron chi connectivity index (χ4n) is 3.09. The number of carboxylic acids is 1. The number of hydrogen-bond acceptors (Lipinski definition) is 3. The van der Waals surface area contributed by atoms with Gasteiger partial charge < -0.3 is 14.2 Å². The Labute approximate surface area is 138 Å². The summed E-state index contributed by atoms with van der Waals surface area (Å²) < 4.78 is 3.82. The summed E-state index contributed by atoms with van der Waals surface area (Å²) in [6.45, 7) is 2.32. The highest BCUT2D eigenvalue weighted by Gasteiger charge is 2.15. The number of hydrogen-bond donors (Lipinski definition) is 1. The van der Waals surface area contributed by atoms with Crippen LogP contribution < -0.4 is 0 Å². The van der Waals surface area contributed by atoms with Gasteiger partial charge in [-0.05, 0) is 31.2 Å². The number of aromatic nitrogens is 4. The number of benzene rings is 2. The van der Waals surface area contributed by atoms with Crippen LogP contribution in [0.5, 0.6) is 0 Å². The Bertz CT molecular complexity index is 1060. The monoisotopic (exact) mass is 320 g/mol. The van der Waals surface area contributed by atoms with Crippen LogP contribution in [0, 0.1) is 6.92 Å². The van der Waals surface area contributed by atoms with Crippen LogP contribution in [0.1, 0.15) is 11.6 Å². The van der Waals surface area contributed by atoms with Gasteiger partial charge in [0.25, 0.3) is 0 Å². The summed E-state index contributed by atoms with van der Waals surface area (Å²) in [5, 5.41) is 9.25. The topological polar surface area (TPSA) is 72.9 Å². The molecule has 0 amide bonds. The van der Waals surface area contributed by atoms with Crippen molar-refractivity contribution in [2.45, 2.75) is 20.0 Å². The minimum Gasteiger partial charge on any atom is -0.480 e. The first-order valence-corrected chi connectivity index (χ1v) is 7.71. The zero-order valence-corrected chi connectivity index (χ0v) is 13.2. The third kappa shape index (κ3) is 2.32. The fourth-order valence-corrected chi connectivity index (χ4v) is 3.09. The maximum absolute atomic E-state index is 11.3. The Kier molecular flexibility index (Phi) is 3.30. The highest BCUT2D eigenvalue weighted by Crippen LogP contribution is 2.20. The summed E-state index contributed by atoms with van der Waals surface area (Å²) in [5.74, 6) is 0.710. The van der Waals surface area contributed by atoms with Gasteiger partial charge in [0.05, 0.1) is 28.6 Å². The number of imidazole rings is 2. The molecule has 0 bridgehead atoms. The normalized spacial score (nSPS) is 11.4. The van der Waals surface area contributed by atoms with Gasteiger partial charge in [-0.3, -0.25) is 4.79 Å². The highest BCUT2D eigenvalue weighted by molar-refractivity contribution is 5.79. The largest absolute Gasteiger partial charge is 0.480 e. The van der Waals surface area contributed by atoms with Crippen LogP contribution in [0.25, 0.3) is 22.1 Å². The minimum absolute atomic E-state index is 0.110.